The van der Waals surface area contributed by atoms with Crippen LogP contribution in [0.25, 0.3) is 0 Å². The Balaban J connectivity index is 1.99. The summed E-state index contributed by atoms with van der Waals surface area (Å²) in [6.45, 7) is 14.2. The van der Waals surface area contributed by atoms with Crippen molar-refractivity contribution in [3.05, 3.63) is 95.6 Å². The van der Waals surface area contributed by atoms with E-state index in [1.165, 1.54) is 5.56 Å². The second kappa shape index (κ2) is 8.70. The summed E-state index contributed by atoms with van der Waals surface area (Å²) in [5.41, 5.74) is 4.19. The molecule has 0 saturated carbocycles. The minimum absolute atomic E-state index is 0.184. The highest BCUT2D eigenvalue weighted by Gasteiger charge is 2.46. The highest BCUT2D eigenvalue weighted by Crippen LogP contribution is 2.53. The predicted octanol–water partition coefficient (Wildman–Crippen LogP) is 5.43. The molecule has 4 nitrogen and oxygen atoms in total. The predicted molar refractivity (Wildman–Crippen MR) is 118 cm³/mol. The fourth-order valence-corrected chi connectivity index (χ4v) is 4.35. The van der Waals surface area contributed by atoms with Crippen molar-refractivity contribution in [2.45, 2.75) is 32.1 Å². The van der Waals surface area contributed by atoms with Gasteiger partial charge in [0, 0.05) is 5.41 Å². The van der Waals surface area contributed by atoms with Gasteiger partial charge < -0.3 is 9.47 Å². The second-order valence-corrected chi connectivity index (χ2v) is 7.93. The first kappa shape index (κ1) is 21.6. The molecule has 0 N–H and O–H groups in total. The number of benzene rings is 2. The summed E-state index contributed by atoms with van der Waals surface area (Å²) in [7, 11) is 0. The lowest BCUT2D eigenvalue weighted by molar-refractivity contribution is 0.0540. The van der Waals surface area contributed by atoms with E-state index < -0.39 is 0 Å². The Kier molecular flexibility index (Phi) is 6.25. The van der Waals surface area contributed by atoms with Crippen LogP contribution in [-0.4, -0.2) is 25.2 Å². The highest BCUT2D eigenvalue weighted by atomic mass is 16.5. The Hall–Kier alpha value is -3.14. The molecule has 3 unspecified atom stereocenters. The highest BCUT2D eigenvalue weighted by molar-refractivity contribution is 5.90. The van der Waals surface area contributed by atoms with Crippen LogP contribution in [0.1, 0.15) is 64.1 Å². The van der Waals surface area contributed by atoms with E-state index in [-0.39, 0.29) is 30.6 Å². The molecule has 30 heavy (non-hydrogen) atoms. The molecule has 0 amide bonds. The fourth-order valence-electron chi connectivity index (χ4n) is 4.35. The van der Waals surface area contributed by atoms with Crippen LogP contribution in [0.5, 0.6) is 0 Å². The summed E-state index contributed by atoms with van der Waals surface area (Å²) in [5.74, 6) is -0.0781. The van der Waals surface area contributed by atoms with Crippen molar-refractivity contribution in [2.24, 2.45) is 5.92 Å². The maximum absolute atomic E-state index is 12.4. The molecule has 0 fully saturated rings. The van der Waals surface area contributed by atoms with Crippen LogP contribution >= 0.6 is 0 Å². The van der Waals surface area contributed by atoms with Crippen LogP contribution in [-0.2, 0) is 14.9 Å². The van der Waals surface area contributed by atoms with E-state index in [2.05, 4.69) is 33.9 Å². The zero-order valence-electron chi connectivity index (χ0n) is 17.8. The normalized spacial score (nSPS) is 22.1. The Labute approximate surface area is 178 Å². The average Bonchev–Trinajstić information content (AvgIpc) is 2.97. The van der Waals surface area contributed by atoms with E-state index in [1.54, 1.807) is 24.3 Å². The fraction of sp³-hybridized carbons (Fsp3) is 0.308. The topological polar surface area (TPSA) is 52.6 Å². The number of carbonyl (C=O) groups excluding carboxylic acids is 2. The molecule has 0 radical (unpaired) electrons. The first-order chi connectivity index (χ1) is 14.3. The van der Waals surface area contributed by atoms with Crippen molar-refractivity contribution in [3.63, 3.8) is 0 Å². The maximum Gasteiger partial charge on any atom is 0.338 e. The Morgan fingerprint density at radius 3 is 2.03 bits per heavy atom. The van der Waals surface area contributed by atoms with Crippen LogP contribution in [0.3, 0.4) is 0 Å². The summed E-state index contributed by atoms with van der Waals surface area (Å²) in [5, 5.41) is 0. The molecule has 1 aliphatic rings. The molecule has 156 valence electrons. The van der Waals surface area contributed by atoms with E-state index in [0.29, 0.717) is 23.0 Å². The largest absolute Gasteiger partial charge is 0.458 e. The number of hydrogen-bond donors (Lipinski definition) is 0. The van der Waals surface area contributed by atoms with Gasteiger partial charge in [0.2, 0.25) is 0 Å². The smallest absolute Gasteiger partial charge is 0.338 e. The van der Waals surface area contributed by atoms with Gasteiger partial charge in [0.25, 0.3) is 0 Å². The van der Waals surface area contributed by atoms with Crippen LogP contribution < -0.4 is 0 Å². The van der Waals surface area contributed by atoms with Crippen molar-refractivity contribution in [3.8, 4) is 0 Å². The van der Waals surface area contributed by atoms with E-state index in [4.69, 9.17) is 9.47 Å². The maximum atomic E-state index is 12.4. The monoisotopic (exact) mass is 404 g/mol. The van der Waals surface area contributed by atoms with Gasteiger partial charge >= 0.3 is 11.9 Å². The summed E-state index contributed by atoms with van der Waals surface area (Å²) >= 11 is 0. The molecule has 2 aromatic carbocycles. The summed E-state index contributed by atoms with van der Waals surface area (Å²) < 4.78 is 10.3. The van der Waals surface area contributed by atoms with Gasteiger partial charge in [0.1, 0.15) is 13.2 Å². The Morgan fingerprint density at radius 2 is 1.47 bits per heavy atom. The quantitative estimate of drug-likeness (QED) is 0.456. The molecule has 1 aliphatic carbocycles. The molecule has 3 rings (SSSR count). The average molecular weight is 405 g/mol. The lowest BCUT2D eigenvalue weighted by atomic mass is 9.70. The molecule has 0 saturated heterocycles. The van der Waals surface area contributed by atoms with Gasteiger partial charge in [-0.3, -0.25) is 0 Å². The third-order valence-electron chi connectivity index (χ3n) is 6.38. The number of ether oxygens (including phenoxy) is 2. The zero-order chi connectivity index (χ0) is 21.9. The Bertz CT molecular complexity index is 973. The third-order valence-corrected chi connectivity index (χ3v) is 6.38. The van der Waals surface area contributed by atoms with Gasteiger partial charge in [-0.05, 0) is 52.8 Å². The minimum atomic E-state index is -0.368. The Morgan fingerprint density at radius 1 is 0.933 bits per heavy atom. The first-order valence-corrected chi connectivity index (χ1v) is 10.2. The van der Waals surface area contributed by atoms with Gasteiger partial charge in [-0.1, -0.05) is 64.3 Å². The SMILES string of the molecule is C=CCOC(=O)c1ccc(C2(C)c3cc(C(=O)OCC=C)ccc3C(C)C2C)cc1. The van der Waals surface area contributed by atoms with Crippen molar-refractivity contribution in [1.82, 2.24) is 0 Å². The van der Waals surface area contributed by atoms with Crippen molar-refractivity contribution in [1.29, 1.82) is 0 Å². The molecular weight excluding hydrogens is 376 g/mol. The third kappa shape index (κ3) is 3.70. The van der Waals surface area contributed by atoms with Gasteiger partial charge in [-0.25, -0.2) is 9.59 Å². The van der Waals surface area contributed by atoms with Crippen LogP contribution in [0.15, 0.2) is 67.8 Å². The van der Waals surface area contributed by atoms with E-state index >= 15 is 0 Å². The van der Waals surface area contributed by atoms with Gasteiger partial charge in [-0.15, -0.1) is 0 Å². The number of esters is 2. The van der Waals surface area contributed by atoms with Crippen molar-refractivity contribution >= 4 is 11.9 Å². The summed E-state index contributed by atoms with van der Waals surface area (Å²) in [6, 6.07) is 13.4. The molecule has 2 aromatic rings. The molecule has 0 aliphatic heterocycles. The second-order valence-electron chi connectivity index (χ2n) is 7.93. The minimum Gasteiger partial charge on any atom is -0.458 e. The molecule has 0 spiro atoms. The van der Waals surface area contributed by atoms with E-state index in [9.17, 15) is 9.59 Å². The molecule has 3 atom stereocenters. The zero-order valence-corrected chi connectivity index (χ0v) is 17.8. The summed E-state index contributed by atoms with van der Waals surface area (Å²) in [6.07, 6.45) is 3.10. The number of fused-ring (bicyclic) bond motifs is 1. The first-order valence-electron chi connectivity index (χ1n) is 10.2. The molecular formula is C26H28O4. The summed E-state index contributed by atoms with van der Waals surface area (Å²) in [4.78, 5) is 24.5. The van der Waals surface area contributed by atoms with Gasteiger partial charge in [0.05, 0.1) is 11.1 Å². The lowest BCUT2D eigenvalue weighted by Crippen LogP contribution is -2.29. The van der Waals surface area contributed by atoms with Crippen LogP contribution in [0.2, 0.25) is 0 Å². The standard InChI is InChI=1S/C26H28O4/c1-6-14-29-24(27)19-8-11-21(12-9-19)26(5)18(4)17(3)22-13-10-20(16-23(22)26)25(28)30-15-7-2/h6-13,16-18H,1-2,14-15H2,3-5H3. The van der Waals surface area contributed by atoms with Gasteiger partial charge in [-0.2, -0.15) is 0 Å². The van der Waals surface area contributed by atoms with Crippen LogP contribution in [0, 0.1) is 5.92 Å². The van der Waals surface area contributed by atoms with Crippen molar-refractivity contribution < 1.29 is 19.1 Å². The number of carbonyl (C=O) groups is 2. The van der Waals surface area contributed by atoms with E-state index in [1.807, 2.05) is 30.3 Å². The lowest BCUT2D eigenvalue weighted by Gasteiger charge is -2.33. The molecule has 0 bridgehead atoms. The molecule has 0 aromatic heterocycles. The number of rotatable bonds is 7. The van der Waals surface area contributed by atoms with Crippen molar-refractivity contribution in [2.75, 3.05) is 13.2 Å². The molecule has 4 heteroatoms. The van der Waals surface area contributed by atoms with E-state index in [0.717, 1.165) is 11.1 Å². The number of hydrogen-bond acceptors (Lipinski definition) is 4. The van der Waals surface area contributed by atoms with Crippen LogP contribution in [0.4, 0.5) is 0 Å². The molecule has 0 heterocycles. The van der Waals surface area contributed by atoms with Gasteiger partial charge in [0.15, 0.2) is 0 Å².